The topological polar surface area (TPSA) is 151 Å². The van der Waals surface area contributed by atoms with Crippen molar-refractivity contribution >= 4 is 35.1 Å². The van der Waals surface area contributed by atoms with E-state index >= 15 is 0 Å². The molecule has 0 bridgehead atoms. The average molecular weight is 697 g/mol. The van der Waals surface area contributed by atoms with Gasteiger partial charge in [-0.3, -0.25) is 19.2 Å². The van der Waals surface area contributed by atoms with Gasteiger partial charge in [0.1, 0.15) is 11.6 Å². The number of aryl methyl sites for hydroxylation is 1. The molecule has 0 saturated carbocycles. The number of nitrogens with one attached hydrogen (secondary N) is 2. The van der Waals surface area contributed by atoms with E-state index in [4.69, 9.17) is 28.4 Å². The zero-order chi connectivity index (χ0) is 35.4. The van der Waals surface area contributed by atoms with Crippen molar-refractivity contribution < 1.29 is 47.6 Å². The van der Waals surface area contributed by atoms with Gasteiger partial charge in [-0.1, -0.05) is 44.2 Å². The van der Waals surface area contributed by atoms with Crippen LogP contribution >= 0.6 is 11.8 Å². The monoisotopic (exact) mass is 696 g/mol. The second kappa shape index (κ2) is 23.1. The van der Waals surface area contributed by atoms with E-state index in [0.717, 1.165) is 5.56 Å². The van der Waals surface area contributed by atoms with Gasteiger partial charge in [0.2, 0.25) is 11.8 Å². The van der Waals surface area contributed by atoms with E-state index in [9.17, 15) is 19.2 Å². The summed E-state index contributed by atoms with van der Waals surface area (Å²) >= 11 is 1.46. The number of Topliss-reactive ketones (excluding diaryl/α,β-unsaturated/α-hetero) is 2. The number of thioether (sulfide) groups is 1. The van der Waals surface area contributed by atoms with Crippen LogP contribution in [-0.4, -0.2) is 126 Å². The van der Waals surface area contributed by atoms with E-state index in [-0.39, 0.29) is 43.0 Å². The second-order valence-electron chi connectivity index (χ2n) is 12.5. The minimum absolute atomic E-state index is 0.0332. The maximum absolute atomic E-state index is 13.6. The molecule has 1 saturated heterocycles. The standard InChI is InChI=1S/C35H56N2O10S/c1-25(2)20-28(32(39)35(3)24-47-35)36-33(40)27(22-43-5)21-30(38)29(23-44-6)37-34(41)31(13-12-26-10-8-7-9-11-26)48-19-18-46-17-16-45-15-14-42-4/h7-11,25,27-29,31H,12-24H2,1-6H3,(H,36,40)(H,37,41)/t27-,28-,29-,31-,35+/m0/s1. The van der Waals surface area contributed by atoms with Crippen LogP contribution in [0, 0.1) is 11.8 Å². The summed E-state index contributed by atoms with van der Waals surface area (Å²) in [6.07, 6.45) is 1.47. The Hall–Kier alpha value is -2.39. The van der Waals surface area contributed by atoms with E-state index < -0.39 is 34.8 Å². The molecular weight excluding hydrogens is 640 g/mol. The molecule has 1 aromatic carbocycles. The minimum Gasteiger partial charge on any atom is -0.384 e. The normalized spacial score (nSPS) is 18.1. The molecular formula is C35H56N2O10S. The highest BCUT2D eigenvalue weighted by molar-refractivity contribution is 8.00. The Morgan fingerprint density at radius 3 is 2.08 bits per heavy atom. The summed E-state index contributed by atoms with van der Waals surface area (Å²) in [6.45, 7) is 8.23. The predicted molar refractivity (Wildman–Crippen MR) is 184 cm³/mol. The number of benzene rings is 1. The molecule has 1 aliphatic heterocycles. The number of methoxy groups -OCH3 is 3. The summed E-state index contributed by atoms with van der Waals surface area (Å²) < 4.78 is 32.0. The first-order valence-corrected chi connectivity index (χ1v) is 17.7. The molecule has 5 atom stereocenters. The molecule has 48 heavy (non-hydrogen) atoms. The largest absolute Gasteiger partial charge is 0.384 e. The van der Waals surface area contributed by atoms with Gasteiger partial charge in [-0.25, -0.2) is 0 Å². The lowest BCUT2D eigenvalue weighted by molar-refractivity contribution is -0.136. The first kappa shape index (κ1) is 41.8. The number of hydrogen-bond acceptors (Lipinski definition) is 11. The van der Waals surface area contributed by atoms with Gasteiger partial charge >= 0.3 is 0 Å². The summed E-state index contributed by atoms with van der Waals surface area (Å²) in [6, 6.07) is 8.18. The molecule has 2 N–H and O–H groups in total. The molecule has 2 rings (SSSR count). The van der Waals surface area contributed by atoms with Crippen molar-refractivity contribution in [2.45, 2.75) is 69.4 Å². The summed E-state index contributed by atoms with van der Waals surface area (Å²) in [7, 11) is 4.51. The summed E-state index contributed by atoms with van der Waals surface area (Å²) in [5.41, 5.74) is 0.210. The van der Waals surface area contributed by atoms with Gasteiger partial charge in [-0.05, 0) is 37.7 Å². The third kappa shape index (κ3) is 15.9. The van der Waals surface area contributed by atoms with Crippen molar-refractivity contribution in [3.05, 3.63) is 35.9 Å². The molecule has 1 fully saturated rings. The number of epoxide rings is 1. The van der Waals surface area contributed by atoms with Gasteiger partial charge < -0.3 is 39.1 Å². The third-order valence-electron chi connectivity index (χ3n) is 7.84. The highest BCUT2D eigenvalue weighted by atomic mass is 32.2. The highest BCUT2D eigenvalue weighted by Crippen LogP contribution is 2.30. The van der Waals surface area contributed by atoms with Gasteiger partial charge in [0, 0.05) is 33.5 Å². The van der Waals surface area contributed by atoms with Crippen LogP contribution in [0.2, 0.25) is 0 Å². The Balaban J connectivity index is 2.04. The van der Waals surface area contributed by atoms with Crippen molar-refractivity contribution in [2.75, 3.05) is 79.9 Å². The van der Waals surface area contributed by atoms with Crippen LogP contribution in [-0.2, 0) is 54.0 Å². The Bertz CT molecular complexity index is 1100. The number of carbonyl (C=O) groups excluding carboxylic acids is 4. The molecule has 1 aromatic rings. The molecule has 12 nitrogen and oxygen atoms in total. The van der Waals surface area contributed by atoms with E-state index in [1.807, 2.05) is 44.2 Å². The van der Waals surface area contributed by atoms with Gasteiger partial charge in [0.25, 0.3) is 0 Å². The molecule has 0 aromatic heterocycles. The Labute approximate surface area is 290 Å². The maximum Gasteiger partial charge on any atom is 0.233 e. The van der Waals surface area contributed by atoms with Crippen molar-refractivity contribution in [3.8, 4) is 0 Å². The summed E-state index contributed by atoms with van der Waals surface area (Å²) in [5, 5.41) is 5.28. The van der Waals surface area contributed by atoms with Gasteiger partial charge in [-0.15, -0.1) is 11.8 Å². The first-order valence-electron chi connectivity index (χ1n) is 16.6. The Morgan fingerprint density at radius 1 is 0.854 bits per heavy atom. The van der Waals surface area contributed by atoms with Crippen LogP contribution in [0.1, 0.15) is 45.6 Å². The van der Waals surface area contributed by atoms with Crippen LogP contribution < -0.4 is 10.6 Å². The molecule has 0 aliphatic carbocycles. The third-order valence-corrected chi connectivity index (χ3v) is 9.10. The SMILES string of the molecule is COCCOCCOCCS[C@@H](CCc1ccccc1)C(=O)N[C@@H](COC)C(=O)C[C@@H](COC)C(=O)N[C@@H](CC(C)C)C(=O)[C@@]1(C)CO1. The fourth-order valence-electron chi connectivity index (χ4n) is 5.02. The maximum atomic E-state index is 13.6. The number of ketones is 2. The van der Waals surface area contributed by atoms with E-state index in [1.54, 1.807) is 14.0 Å². The number of rotatable bonds is 28. The highest BCUT2D eigenvalue weighted by Gasteiger charge is 2.50. The van der Waals surface area contributed by atoms with Gasteiger partial charge in [0.05, 0.1) is 70.1 Å². The van der Waals surface area contributed by atoms with E-state index in [1.165, 1.54) is 26.0 Å². The van der Waals surface area contributed by atoms with Gasteiger partial charge in [0.15, 0.2) is 11.6 Å². The summed E-state index contributed by atoms with van der Waals surface area (Å²) in [4.78, 5) is 53.7. The molecule has 1 heterocycles. The number of amides is 2. The molecule has 0 radical (unpaired) electrons. The van der Waals surface area contributed by atoms with Crippen LogP contribution in [0.15, 0.2) is 30.3 Å². The van der Waals surface area contributed by atoms with Crippen LogP contribution in [0.4, 0.5) is 0 Å². The smallest absolute Gasteiger partial charge is 0.233 e. The Kier molecular flexibility index (Phi) is 20.1. The van der Waals surface area contributed by atoms with Crippen LogP contribution in [0.25, 0.3) is 0 Å². The second-order valence-corrected chi connectivity index (χ2v) is 13.8. The number of hydrogen-bond donors (Lipinski definition) is 2. The van der Waals surface area contributed by atoms with E-state index in [0.29, 0.717) is 64.7 Å². The quantitative estimate of drug-likeness (QED) is 0.0984. The zero-order valence-corrected chi connectivity index (χ0v) is 30.3. The molecule has 272 valence electrons. The van der Waals surface area contributed by atoms with Crippen LogP contribution in [0.3, 0.4) is 0 Å². The number of carbonyl (C=O) groups is 4. The lowest BCUT2D eigenvalue weighted by Crippen LogP contribution is -2.51. The van der Waals surface area contributed by atoms with Gasteiger partial charge in [-0.2, -0.15) is 0 Å². The lowest BCUT2D eigenvalue weighted by atomic mass is 9.92. The lowest BCUT2D eigenvalue weighted by Gasteiger charge is -2.25. The predicted octanol–water partition coefficient (Wildman–Crippen LogP) is 2.64. The molecule has 0 unspecified atom stereocenters. The molecule has 1 aliphatic rings. The first-order chi connectivity index (χ1) is 23.0. The van der Waals surface area contributed by atoms with E-state index in [2.05, 4.69) is 10.6 Å². The van der Waals surface area contributed by atoms with Crippen molar-refractivity contribution in [1.29, 1.82) is 0 Å². The fourth-order valence-corrected chi connectivity index (χ4v) is 6.02. The van der Waals surface area contributed by atoms with Crippen LogP contribution in [0.5, 0.6) is 0 Å². The molecule has 13 heteroatoms. The fraction of sp³-hybridized carbons (Fsp3) is 0.714. The van der Waals surface area contributed by atoms with Crippen molar-refractivity contribution in [3.63, 3.8) is 0 Å². The average Bonchev–Trinajstić information content (AvgIpc) is 3.82. The van der Waals surface area contributed by atoms with Crippen molar-refractivity contribution in [1.82, 2.24) is 10.6 Å². The van der Waals surface area contributed by atoms with Crippen molar-refractivity contribution in [2.24, 2.45) is 11.8 Å². The number of ether oxygens (including phenoxy) is 6. The minimum atomic E-state index is -0.971. The molecule has 0 spiro atoms. The Morgan fingerprint density at radius 2 is 1.48 bits per heavy atom. The summed E-state index contributed by atoms with van der Waals surface area (Å²) in [5.74, 6) is -1.45. The molecule has 2 amide bonds. The zero-order valence-electron chi connectivity index (χ0n) is 29.5.